The molecule has 0 saturated carbocycles. The molecule has 0 bridgehead atoms. The van der Waals surface area contributed by atoms with Gasteiger partial charge in [0.2, 0.25) is 0 Å². The highest BCUT2D eigenvalue weighted by Crippen LogP contribution is 2.23. The number of aliphatic hydroxyl groups is 1. The van der Waals surface area contributed by atoms with E-state index in [-0.39, 0.29) is 12.6 Å². The van der Waals surface area contributed by atoms with E-state index in [1.807, 2.05) is 12.1 Å². The van der Waals surface area contributed by atoms with Crippen LogP contribution in [0.4, 0.5) is 0 Å². The van der Waals surface area contributed by atoms with Crippen LogP contribution in [0.1, 0.15) is 24.0 Å². The maximum Gasteiger partial charge on any atom is 0.136 e. The van der Waals surface area contributed by atoms with E-state index in [0.29, 0.717) is 11.3 Å². The maximum absolute atomic E-state index is 9.29. The summed E-state index contributed by atoms with van der Waals surface area (Å²) in [6.45, 7) is 2.04. The smallest absolute Gasteiger partial charge is 0.136 e. The van der Waals surface area contributed by atoms with Crippen molar-refractivity contribution in [3.63, 3.8) is 0 Å². The molecule has 1 unspecified atom stereocenters. The largest absolute Gasteiger partial charge is 0.495 e. The third-order valence-electron chi connectivity index (χ3n) is 3.48. The molecule has 1 atom stereocenters. The van der Waals surface area contributed by atoms with Gasteiger partial charge >= 0.3 is 0 Å². The normalized spacial score (nSPS) is 19.7. The second-order valence-electron chi connectivity index (χ2n) is 4.60. The third kappa shape index (κ3) is 2.63. The average Bonchev–Trinajstić information content (AvgIpc) is 2.85. The number of hydrogen-bond donors (Lipinski definition) is 1. The first-order valence-corrected chi connectivity index (χ1v) is 6.20. The highest BCUT2D eigenvalue weighted by molar-refractivity contribution is 5.45. The lowest BCUT2D eigenvalue weighted by Crippen LogP contribution is -2.31. The second-order valence-corrected chi connectivity index (χ2v) is 4.60. The van der Waals surface area contributed by atoms with E-state index in [0.717, 1.165) is 31.5 Å². The van der Waals surface area contributed by atoms with Gasteiger partial charge in [0, 0.05) is 12.6 Å². The molecule has 1 fully saturated rings. The Labute approximate surface area is 107 Å². The summed E-state index contributed by atoms with van der Waals surface area (Å²) in [6.07, 6.45) is 2.20. The number of nitrogens with zero attached hydrogens (tertiary/aromatic N) is 2. The lowest BCUT2D eigenvalue weighted by Gasteiger charge is -2.22. The molecule has 2 rings (SSSR count). The number of benzene rings is 1. The van der Waals surface area contributed by atoms with Gasteiger partial charge < -0.3 is 9.84 Å². The molecule has 4 heteroatoms. The van der Waals surface area contributed by atoms with Gasteiger partial charge in [0.1, 0.15) is 11.8 Å². The van der Waals surface area contributed by atoms with Gasteiger partial charge in [-0.1, -0.05) is 6.07 Å². The number of aliphatic hydroxyl groups excluding tert-OH is 1. The van der Waals surface area contributed by atoms with Gasteiger partial charge in [-0.2, -0.15) is 5.26 Å². The zero-order valence-electron chi connectivity index (χ0n) is 10.6. The van der Waals surface area contributed by atoms with Crippen LogP contribution in [0.15, 0.2) is 18.2 Å². The summed E-state index contributed by atoms with van der Waals surface area (Å²) >= 11 is 0. The molecule has 4 nitrogen and oxygen atoms in total. The Bertz CT molecular complexity index is 454. The Balaban J connectivity index is 2.12. The second kappa shape index (κ2) is 5.85. The predicted octanol–water partition coefficient (Wildman–Crippen LogP) is 1.52. The van der Waals surface area contributed by atoms with E-state index >= 15 is 0 Å². The monoisotopic (exact) mass is 246 g/mol. The number of likely N-dealkylation sites (tertiary alicyclic amines) is 1. The Hall–Kier alpha value is -1.57. The fourth-order valence-electron chi connectivity index (χ4n) is 2.47. The average molecular weight is 246 g/mol. The molecule has 0 spiro atoms. The molecule has 1 aromatic rings. The molecule has 1 heterocycles. The van der Waals surface area contributed by atoms with E-state index < -0.39 is 0 Å². The van der Waals surface area contributed by atoms with Gasteiger partial charge in [-0.3, -0.25) is 4.90 Å². The molecule has 0 aliphatic carbocycles. The van der Waals surface area contributed by atoms with Gasteiger partial charge in [-0.25, -0.2) is 0 Å². The first-order chi connectivity index (χ1) is 8.78. The fourth-order valence-corrected chi connectivity index (χ4v) is 2.47. The SMILES string of the molecule is COc1cc(CN2CCCC2CO)ccc1C#N. The highest BCUT2D eigenvalue weighted by Gasteiger charge is 2.23. The van der Waals surface area contributed by atoms with Crippen molar-refractivity contribution < 1.29 is 9.84 Å². The summed E-state index contributed by atoms with van der Waals surface area (Å²) in [7, 11) is 1.58. The van der Waals surface area contributed by atoms with Gasteiger partial charge in [-0.15, -0.1) is 0 Å². The van der Waals surface area contributed by atoms with Crippen LogP contribution in [-0.2, 0) is 6.54 Å². The predicted molar refractivity (Wildman–Crippen MR) is 68.2 cm³/mol. The quantitative estimate of drug-likeness (QED) is 0.875. The van der Waals surface area contributed by atoms with Crippen LogP contribution >= 0.6 is 0 Å². The van der Waals surface area contributed by atoms with Crippen LogP contribution in [0, 0.1) is 11.3 Å². The summed E-state index contributed by atoms with van der Waals surface area (Å²) < 4.78 is 5.20. The minimum absolute atomic E-state index is 0.216. The zero-order chi connectivity index (χ0) is 13.0. The number of hydrogen-bond acceptors (Lipinski definition) is 4. The molecule has 1 aliphatic heterocycles. The lowest BCUT2D eigenvalue weighted by atomic mass is 10.1. The highest BCUT2D eigenvalue weighted by atomic mass is 16.5. The van der Waals surface area contributed by atoms with E-state index in [4.69, 9.17) is 10.00 Å². The number of nitriles is 1. The standard InChI is InChI=1S/C14H18N2O2/c1-18-14-7-11(4-5-12(14)8-15)9-16-6-2-3-13(16)10-17/h4-5,7,13,17H,2-3,6,9-10H2,1H3. The molecule has 1 aliphatic rings. The van der Waals surface area contributed by atoms with E-state index in [1.165, 1.54) is 0 Å². The van der Waals surface area contributed by atoms with Crippen LogP contribution in [0.5, 0.6) is 5.75 Å². The third-order valence-corrected chi connectivity index (χ3v) is 3.48. The Kier molecular flexibility index (Phi) is 4.19. The minimum Gasteiger partial charge on any atom is -0.495 e. The van der Waals surface area contributed by atoms with Crippen LogP contribution in [0.3, 0.4) is 0 Å². The molecule has 0 amide bonds. The van der Waals surface area contributed by atoms with E-state index in [2.05, 4.69) is 11.0 Å². The van der Waals surface area contributed by atoms with Crippen LogP contribution in [0.25, 0.3) is 0 Å². The summed E-state index contributed by atoms with van der Waals surface area (Å²) in [5.41, 5.74) is 1.67. The van der Waals surface area contributed by atoms with Crippen molar-refractivity contribution >= 4 is 0 Å². The first kappa shape index (κ1) is 12.9. The first-order valence-electron chi connectivity index (χ1n) is 6.20. The van der Waals surface area contributed by atoms with Gasteiger partial charge in [-0.05, 0) is 37.1 Å². The van der Waals surface area contributed by atoms with Gasteiger partial charge in [0.25, 0.3) is 0 Å². The molecule has 18 heavy (non-hydrogen) atoms. The molecule has 96 valence electrons. The molecule has 1 saturated heterocycles. The topological polar surface area (TPSA) is 56.5 Å². The Morgan fingerprint density at radius 1 is 1.56 bits per heavy atom. The zero-order valence-corrected chi connectivity index (χ0v) is 10.6. The molecular formula is C14H18N2O2. The van der Waals surface area contributed by atoms with Crippen molar-refractivity contribution in [3.8, 4) is 11.8 Å². The lowest BCUT2D eigenvalue weighted by molar-refractivity contribution is 0.153. The summed E-state index contributed by atoms with van der Waals surface area (Å²) in [5.74, 6) is 0.620. The fraction of sp³-hybridized carbons (Fsp3) is 0.500. The van der Waals surface area contributed by atoms with E-state index in [9.17, 15) is 5.11 Å². The summed E-state index contributed by atoms with van der Waals surface area (Å²) in [6, 6.07) is 8.03. The summed E-state index contributed by atoms with van der Waals surface area (Å²) in [4.78, 5) is 2.28. The van der Waals surface area contributed by atoms with Gasteiger partial charge in [0.15, 0.2) is 0 Å². The van der Waals surface area contributed by atoms with Crippen LogP contribution < -0.4 is 4.74 Å². The van der Waals surface area contributed by atoms with Crippen molar-refractivity contribution in [3.05, 3.63) is 29.3 Å². The maximum atomic E-state index is 9.29. The van der Waals surface area contributed by atoms with Crippen molar-refractivity contribution in [2.75, 3.05) is 20.3 Å². The van der Waals surface area contributed by atoms with E-state index in [1.54, 1.807) is 13.2 Å². The Morgan fingerprint density at radius 3 is 3.06 bits per heavy atom. The Morgan fingerprint density at radius 2 is 2.39 bits per heavy atom. The molecule has 1 aromatic carbocycles. The summed E-state index contributed by atoms with van der Waals surface area (Å²) in [5, 5.41) is 18.2. The van der Waals surface area contributed by atoms with Crippen molar-refractivity contribution in [1.29, 1.82) is 5.26 Å². The van der Waals surface area contributed by atoms with Crippen LogP contribution in [-0.4, -0.2) is 36.3 Å². The van der Waals surface area contributed by atoms with Gasteiger partial charge in [0.05, 0.1) is 19.3 Å². The van der Waals surface area contributed by atoms with Crippen molar-refractivity contribution in [1.82, 2.24) is 4.90 Å². The number of rotatable bonds is 4. The molecule has 1 N–H and O–H groups in total. The minimum atomic E-state index is 0.216. The van der Waals surface area contributed by atoms with Crippen molar-refractivity contribution in [2.24, 2.45) is 0 Å². The molecule has 0 radical (unpaired) electrons. The van der Waals surface area contributed by atoms with Crippen LogP contribution in [0.2, 0.25) is 0 Å². The number of ether oxygens (including phenoxy) is 1. The van der Waals surface area contributed by atoms with Crippen molar-refractivity contribution in [2.45, 2.75) is 25.4 Å². The number of methoxy groups -OCH3 is 1. The molecular weight excluding hydrogens is 228 g/mol. The molecule has 0 aromatic heterocycles.